The van der Waals surface area contributed by atoms with Crippen molar-refractivity contribution in [3.63, 3.8) is 0 Å². The van der Waals surface area contributed by atoms with Crippen LogP contribution in [0.2, 0.25) is 0 Å². The standard InChI is InChI=1S/C31H38N4O2/c1-30(2,3)23-13-15-26(16-14-23)35-27(36)22(17-19-31(4,5)28(35)37)21-25-18-20-32-29(34-25)33-24-11-9-7-6-8-10-12-24/h6-7,10-16,18,20,22H,8-9,17,19,21H2,1-5H3,(H,32,33,34)/b7-6-,12-10+,24-11+. The Labute approximate surface area is 220 Å². The Hall–Kier alpha value is -3.54. The maximum absolute atomic E-state index is 13.8. The summed E-state index contributed by atoms with van der Waals surface area (Å²) in [5.41, 5.74) is 2.88. The smallest absolute Gasteiger partial charge is 0.239 e. The van der Waals surface area contributed by atoms with Gasteiger partial charge in [0.15, 0.2) is 0 Å². The maximum atomic E-state index is 13.8. The fourth-order valence-electron chi connectivity index (χ4n) is 4.67. The molecule has 1 saturated heterocycles. The molecule has 6 nitrogen and oxygen atoms in total. The van der Waals surface area contributed by atoms with E-state index in [2.05, 4.69) is 55.4 Å². The quantitative estimate of drug-likeness (QED) is 0.375. The number of rotatable bonds is 5. The molecule has 1 aliphatic carbocycles. The zero-order valence-electron chi connectivity index (χ0n) is 22.6. The molecule has 0 saturated carbocycles. The molecule has 1 unspecified atom stereocenters. The lowest BCUT2D eigenvalue weighted by Crippen LogP contribution is -2.44. The SMILES string of the molecule is CC1(C)CCC(Cc2ccnc(NC3=C/C/C=C\C\C=C\3)n2)C(=O)N(c2ccc(C(C)(C)C)cc2)C1=O. The third-order valence-corrected chi connectivity index (χ3v) is 7.10. The Morgan fingerprint density at radius 1 is 1.03 bits per heavy atom. The van der Waals surface area contributed by atoms with Gasteiger partial charge in [-0.05, 0) is 60.9 Å². The second kappa shape index (κ2) is 10.8. The minimum absolute atomic E-state index is 0.00951. The van der Waals surface area contributed by atoms with Crippen LogP contribution < -0.4 is 10.2 Å². The number of amides is 2. The first-order chi connectivity index (χ1) is 17.5. The molecule has 2 aromatic rings. The molecule has 1 aromatic heterocycles. The first-order valence-electron chi connectivity index (χ1n) is 13.1. The second-order valence-electron chi connectivity index (χ2n) is 11.6. The zero-order chi connectivity index (χ0) is 26.6. The molecule has 2 aliphatic rings. The van der Waals surface area contributed by atoms with Crippen LogP contribution in [-0.4, -0.2) is 21.8 Å². The van der Waals surface area contributed by atoms with Crippen molar-refractivity contribution in [1.29, 1.82) is 0 Å². The van der Waals surface area contributed by atoms with Gasteiger partial charge in [0, 0.05) is 35.3 Å². The van der Waals surface area contributed by atoms with E-state index in [4.69, 9.17) is 4.98 Å². The van der Waals surface area contributed by atoms with Gasteiger partial charge in [0.05, 0.1) is 5.69 Å². The van der Waals surface area contributed by atoms with Crippen molar-refractivity contribution in [3.8, 4) is 0 Å². The topological polar surface area (TPSA) is 75.2 Å². The van der Waals surface area contributed by atoms with Crippen LogP contribution in [0, 0.1) is 11.3 Å². The number of nitrogens with one attached hydrogen (secondary N) is 1. The predicted octanol–water partition coefficient (Wildman–Crippen LogP) is 6.51. The van der Waals surface area contributed by atoms with Gasteiger partial charge in [-0.25, -0.2) is 14.9 Å². The maximum Gasteiger partial charge on any atom is 0.239 e. The molecule has 2 amide bonds. The molecule has 1 fully saturated rings. The fourth-order valence-corrected chi connectivity index (χ4v) is 4.67. The van der Waals surface area contributed by atoms with E-state index < -0.39 is 5.41 Å². The van der Waals surface area contributed by atoms with Crippen LogP contribution in [-0.2, 0) is 21.4 Å². The largest absolute Gasteiger partial charge is 0.324 e. The summed E-state index contributed by atoms with van der Waals surface area (Å²) in [5, 5.41) is 3.29. The number of carbonyl (C=O) groups is 2. The summed E-state index contributed by atoms with van der Waals surface area (Å²) < 4.78 is 0. The number of imide groups is 1. The van der Waals surface area contributed by atoms with Crippen molar-refractivity contribution < 1.29 is 9.59 Å². The number of nitrogens with zero attached hydrogens (tertiary/aromatic N) is 3. The van der Waals surface area contributed by atoms with Gasteiger partial charge in [0.25, 0.3) is 0 Å². The first kappa shape index (κ1) is 26.5. The molecular formula is C31H38N4O2. The average Bonchev–Trinajstić information content (AvgIpc) is 2.90. The number of hydrogen-bond donors (Lipinski definition) is 1. The van der Waals surface area contributed by atoms with Crippen LogP contribution in [0.3, 0.4) is 0 Å². The van der Waals surface area contributed by atoms with E-state index in [9.17, 15) is 9.59 Å². The zero-order valence-corrected chi connectivity index (χ0v) is 22.6. The van der Waals surface area contributed by atoms with E-state index in [0.29, 0.717) is 30.9 Å². The Kier molecular flexibility index (Phi) is 7.76. The van der Waals surface area contributed by atoms with Crippen LogP contribution in [0.15, 0.2) is 72.6 Å². The summed E-state index contributed by atoms with van der Waals surface area (Å²) in [6.45, 7) is 10.3. The van der Waals surface area contributed by atoms with Crippen molar-refractivity contribution >= 4 is 23.5 Å². The summed E-state index contributed by atoms with van der Waals surface area (Å²) in [5.74, 6) is -0.151. The second-order valence-corrected chi connectivity index (χ2v) is 11.6. The van der Waals surface area contributed by atoms with Crippen LogP contribution in [0.25, 0.3) is 0 Å². The Morgan fingerprint density at radius 3 is 2.49 bits per heavy atom. The average molecular weight is 499 g/mol. The van der Waals surface area contributed by atoms with Gasteiger partial charge >= 0.3 is 0 Å². The van der Waals surface area contributed by atoms with E-state index in [1.165, 1.54) is 4.90 Å². The lowest BCUT2D eigenvalue weighted by molar-refractivity contribution is -0.131. The molecule has 1 N–H and O–H groups in total. The van der Waals surface area contributed by atoms with E-state index in [1.54, 1.807) is 6.20 Å². The van der Waals surface area contributed by atoms with Gasteiger partial charge in [-0.15, -0.1) is 0 Å². The van der Waals surface area contributed by atoms with Crippen LogP contribution in [0.5, 0.6) is 0 Å². The number of benzene rings is 1. The Morgan fingerprint density at radius 2 is 1.76 bits per heavy atom. The van der Waals surface area contributed by atoms with Crippen LogP contribution in [0.4, 0.5) is 11.6 Å². The summed E-state index contributed by atoms with van der Waals surface area (Å²) in [7, 11) is 0. The molecule has 0 bridgehead atoms. The van der Waals surface area contributed by atoms with Gasteiger partial charge in [0.1, 0.15) is 0 Å². The monoisotopic (exact) mass is 498 g/mol. The summed E-state index contributed by atoms with van der Waals surface area (Å²) >= 11 is 0. The Balaban J connectivity index is 1.57. The third-order valence-electron chi connectivity index (χ3n) is 7.10. The van der Waals surface area contributed by atoms with E-state index in [0.717, 1.165) is 29.8 Å². The molecule has 2 heterocycles. The van der Waals surface area contributed by atoms with E-state index in [1.807, 2.05) is 50.3 Å². The molecule has 0 spiro atoms. The lowest BCUT2D eigenvalue weighted by atomic mass is 9.84. The van der Waals surface area contributed by atoms with E-state index in [-0.39, 0.29) is 23.1 Å². The van der Waals surface area contributed by atoms with Gasteiger partial charge in [-0.1, -0.05) is 71.1 Å². The Bertz CT molecular complexity index is 1230. The first-order valence-corrected chi connectivity index (χ1v) is 13.1. The molecule has 37 heavy (non-hydrogen) atoms. The number of aromatic nitrogens is 2. The highest BCUT2D eigenvalue weighted by Gasteiger charge is 2.42. The number of carbonyl (C=O) groups excluding carboxylic acids is 2. The van der Waals surface area contributed by atoms with Crippen molar-refractivity contribution in [2.45, 2.75) is 72.1 Å². The highest BCUT2D eigenvalue weighted by Crippen LogP contribution is 2.36. The summed E-state index contributed by atoms with van der Waals surface area (Å²) in [6, 6.07) is 9.67. The van der Waals surface area contributed by atoms with Gasteiger partial charge in [-0.3, -0.25) is 9.59 Å². The summed E-state index contributed by atoms with van der Waals surface area (Å²) in [4.78, 5) is 37.8. The molecule has 0 radical (unpaired) electrons. The molecule has 4 rings (SSSR count). The minimum Gasteiger partial charge on any atom is -0.324 e. The van der Waals surface area contributed by atoms with Gasteiger partial charge in [0.2, 0.25) is 17.8 Å². The number of hydrogen-bond acceptors (Lipinski definition) is 5. The number of anilines is 2. The van der Waals surface area contributed by atoms with Crippen molar-refractivity contribution in [1.82, 2.24) is 9.97 Å². The van der Waals surface area contributed by atoms with Gasteiger partial charge < -0.3 is 5.32 Å². The van der Waals surface area contributed by atoms with Crippen molar-refractivity contribution in [3.05, 3.63) is 83.9 Å². The highest BCUT2D eigenvalue weighted by atomic mass is 16.2. The lowest BCUT2D eigenvalue weighted by Gasteiger charge is -2.28. The summed E-state index contributed by atoms with van der Waals surface area (Å²) in [6.07, 6.45) is 15.7. The molecular weight excluding hydrogens is 460 g/mol. The number of allylic oxidation sites excluding steroid dienone is 5. The molecule has 194 valence electrons. The van der Waals surface area contributed by atoms with Crippen molar-refractivity contribution in [2.75, 3.05) is 10.2 Å². The predicted molar refractivity (Wildman–Crippen MR) is 149 cm³/mol. The van der Waals surface area contributed by atoms with Gasteiger partial charge in [-0.2, -0.15) is 0 Å². The van der Waals surface area contributed by atoms with Crippen molar-refractivity contribution in [2.24, 2.45) is 11.3 Å². The fraction of sp³-hybridized carbons (Fsp3) is 0.419. The normalized spacial score (nSPS) is 23.3. The molecule has 1 aromatic carbocycles. The molecule has 6 heteroatoms. The molecule has 1 aliphatic heterocycles. The van der Waals surface area contributed by atoms with Crippen LogP contribution in [0.1, 0.15) is 71.6 Å². The molecule has 1 atom stereocenters. The van der Waals surface area contributed by atoms with E-state index >= 15 is 0 Å². The highest BCUT2D eigenvalue weighted by molar-refractivity contribution is 6.17. The third kappa shape index (κ3) is 6.43. The minimum atomic E-state index is -0.628. The van der Waals surface area contributed by atoms with Crippen LogP contribution >= 0.6 is 0 Å².